The fraction of sp³-hybridized carbons (Fsp3) is 0.381. The largest absolute Gasteiger partial charge is 0.394 e. The third kappa shape index (κ3) is 6.49. The molecule has 1 aliphatic rings. The molecule has 1 N–H and O–H groups in total. The lowest BCUT2D eigenvalue weighted by Crippen LogP contribution is -2.55. The summed E-state index contributed by atoms with van der Waals surface area (Å²) in [7, 11) is 1.61. The number of pyridine rings is 1. The smallest absolute Gasteiger partial charge is 0.242 e. The van der Waals surface area contributed by atoms with Crippen LogP contribution in [0.1, 0.15) is 17.7 Å². The van der Waals surface area contributed by atoms with Crippen LogP contribution in [0.5, 0.6) is 0 Å². The third-order valence-electron chi connectivity index (χ3n) is 4.47. The second-order valence-electron chi connectivity index (χ2n) is 6.61. The highest BCUT2D eigenvalue weighted by Crippen LogP contribution is 2.16. The minimum absolute atomic E-state index is 0.0165. The molecule has 2 aromatic rings. The predicted octanol–water partition coefficient (Wildman–Crippen LogP) is 1.67. The summed E-state index contributed by atoms with van der Waals surface area (Å²) in [5, 5.41) is 9.06. The predicted molar refractivity (Wildman–Crippen MR) is 104 cm³/mol. The number of amides is 2. The van der Waals surface area contributed by atoms with Gasteiger partial charge >= 0.3 is 0 Å². The van der Waals surface area contributed by atoms with Crippen molar-refractivity contribution in [2.24, 2.45) is 0 Å². The van der Waals surface area contributed by atoms with Crippen LogP contribution in [0.15, 0.2) is 54.7 Å². The molecule has 2 amide bonds. The molecule has 0 aliphatic carbocycles. The highest BCUT2D eigenvalue weighted by molar-refractivity contribution is 5.86. The summed E-state index contributed by atoms with van der Waals surface area (Å²) in [4.78, 5) is 31.1. The first-order valence-corrected chi connectivity index (χ1v) is 9.07. The molecule has 1 aromatic heterocycles. The van der Waals surface area contributed by atoms with Gasteiger partial charge in [-0.1, -0.05) is 42.0 Å². The van der Waals surface area contributed by atoms with E-state index in [0.29, 0.717) is 12.2 Å². The first-order chi connectivity index (χ1) is 13.0. The van der Waals surface area contributed by atoms with Crippen molar-refractivity contribution < 1.29 is 14.7 Å². The molecular formula is C21H27N3O3. The van der Waals surface area contributed by atoms with Gasteiger partial charge in [-0.2, -0.15) is 0 Å². The Labute approximate surface area is 160 Å². The number of likely N-dealkylation sites (N-methyl/N-ethyl adjacent to an activating group) is 1. The molecule has 1 unspecified atom stereocenters. The molecule has 1 saturated heterocycles. The maximum Gasteiger partial charge on any atom is 0.242 e. The van der Waals surface area contributed by atoms with Crippen molar-refractivity contribution in [1.82, 2.24) is 14.8 Å². The molecule has 144 valence electrons. The number of nitrogens with zero attached hydrogens (tertiary/aromatic N) is 3. The quantitative estimate of drug-likeness (QED) is 0.870. The number of benzene rings is 1. The summed E-state index contributed by atoms with van der Waals surface area (Å²) in [5.41, 5.74) is 2.01. The minimum atomic E-state index is -0.141. The van der Waals surface area contributed by atoms with Gasteiger partial charge in [-0.05, 0) is 25.5 Å². The highest BCUT2D eigenvalue weighted by atomic mass is 16.3. The first kappa shape index (κ1) is 20.6. The van der Waals surface area contributed by atoms with Crippen LogP contribution in [-0.2, 0) is 16.0 Å². The zero-order valence-corrected chi connectivity index (χ0v) is 15.9. The Bertz CT molecular complexity index is 720. The van der Waals surface area contributed by atoms with Crippen molar-refractivity contribution in [1.29, 1.82) is 0 Å². The zero-order valence-electron chi connectivity index (χ0n) is 15.9. The van der Waals surface area contributed by atoms with Crippen LogP contribution in [0, 0.1) is 6.92 Å². The Morgan fingerprint density at radius 1 is 1.19 bits per heavy atom. The summed E-state index contributed by atoms with van der Waals surface area (Å²) in [6.45, 7) is 2.77. The number of hydrogen-bond acceptors (Lipinski definition) is 4. The van der Waals surface area contributed by atoms with Gasteiger partial charge in [-0.15, -0.1) is 0 Å². The maximum absolute atomic E-state index is 12.0. The summed E-state index contributed by atoms with van der Waals surface area (Å²) >= 11 is 0. The Hall–Kier alpha value is -2.73. The number of aliphatic hydroxyl groups excluding tert-OH is 1. The van der Waals surface area contributed by atoms with E-state index in [9.17, 15) is 9.59 Å². The molecule has 0 bridgehead atoms. The second-order valence-corrected chi connectivity index (χ2v) is 6.61. The van der Waals surface area contributed by atoms with E-state index in [2.05, 4.69) is 24.0 Å². The van der Waals surface area contributed by atoms with E-state index < -0.39 is 0 Å². The SMILES string of the molecule is CN(CC(=O)N1CCC1CO)C(=O)Cc1ccccn1.Cc1ccccc1. The lowest BCUT2D eigenvalue weighted by atomic mass is 10.0. The number of aryl methyl sites for hydroxylation is 1. The maximum atomic E-state index is 12.0. The van der Waals surface area contributed by atoms with Gasteiger partial charge in [0, 0.05) is 25.5 Å². The van der Waals surface area contributed by atoms with Gasteiger partial charge in [0.15, 0.2) is 0 Å². The number of rotatable bonds is 5. The molecule has 27 heavy (non-hydrogen) atoms. The molecule has 1 aromatic carbocycles. The van der Waals surface area contributed by atoms with Gasteiger partial charge < -0.3 is 14.9 Å². The van der Waals surface area contributed by atoms with Gasteiger partial charge in [0.1, 0.15) is 0 Å². The number of carbonyl (C=O) groups is 2. The van der Waals surface area contributed by atoms with Crippen LogP contribution >= 0.6 is 0 Å². The van der Waals surface area contributed by atoms with Crippen LogP contribution in [0.25, 0.3) is 0 Å². The van der Waals surface area contributed by atoms with Gasteiger partial charge in [0.05, 0.1) is 25.6 Å². The average Bonchev–Trinajstić information content (AvgIpc) is 2.63. The Kier molecular flexibility index (Phi) is 7.95. The molecule has 0 saturated carbocycles. The fourth-order valence-corrected chi connectivity index (χ4v) is 2.67. The van der Waals surface area contributed by atoms with Crippen molar-refractivity contribution in [3.8, 4) is 0 Å². The van der Waals surface area contributed by atoms with Crippen LogP contribution in [0.2, 0.25) is 0 Å². The lowest BCUT2D eigenvalue weighted by Gasteiger charge is -2.40. The van der Waals surface area contributed by atoms with Gasteiger partial charge in [0.2, 0.25) is 11.8 Å². The van der Waals surface area contributed by atoms with Crippen molar-refractivity contribution in [2.75, 3.05) is 26.7 Å². The van der Waals surface area contributed by atoms with Crippen molar-refractivity contribution in [2.45, 2.75) is 25.8 Å². The summed E-state index contributed by atoms with van der Waals surface area (Å²) < 4.78 is 0. The Morgan fingerprint density at radius 2 is 1.89 bits per heavy atom. The Morgan fingerprint density at radius 3 is 2.37 bits per heavy atom. The van der Waals surface area contributed by atoms with Crippen molar-refractivity contribution in [3.63, 3.8) is 0 Å². The number of aliphatic hydroxyl groups is 1. The molecule has 0 radical (unpaired) electrons. The molecule has 2 heterocycles. The van der Waals surface area contributed by atoms with E-state index in [4.69, 9.17) is 5.11 Å². The van der Waals surface area contributed by atoms with Crippen molar-refractivity contribution in [3.05, 3.63) is 66.0 Å². The normalized spacial score (nSPS) is 15.2. The minimum Gasteiger partial charge on any atom is -0.394 e. The van der Waals surface area contributed by atoms with Crippen molar-refractivity contribution >= 4 is 11.8 Å². The number of hydrogen-bond donors (Lipinski definition) is 1. The third-order valence-corrected chi connectivity index (χ3v) is 4.47. The van der Waals surface area contributed by atoms with Gasteiger partial charge in [-0.25, -0.2) is 0 Å². The molecular weight excluding hydrogens is 342 g/mol. The number of carbonyl (C=O) groups excluding carboxylic acids is 2. The summed E-state index contributed by atoms with van der Waals surface area (Å²) in [5.74, 6) is -0.259. The molecule has 3 rings (SSSR count). The van der Waals surface area contributed by atoms with Gasteiger partial charge in [-0.3, -0.25) is 14.6 Å². The molecule has 6 heteroatoms. The first-order valence-electron chi connectivity index (χ1n) is 9.07. The van der Waals surface area contributed by atoms with Crippen LogP contribution in [0.3, 0.4) is 0 Å². The van der Waals surface area contributed by atoms with E-state index in [0.717, 1.165) is 6.42 Å². The summed E-state index contributed by atoms with van der Waals surface area (Å²) in [6.07, 6.45) is 2.65. The van der Waals surface area contributed by atoms with Crippen LogP contribution in [0.4, 0.5) is 0 Å². The second kappa shape index (κ2) is 10.4. The molecule has 0 spiro atoms. The Balaban J connectivity index is 0.000000313. The molecule has 1 fully saturated rings. The molecule has 6 nitrogen and oxygen atoms in total. The van der Waals surface area contributed by atoms with E-state index in [1.54, 1.807) is 30.3 Å². The summed E-state index contributed by atoms with van der Waals surface area (Å²) in [6, 6.07) is 15.6. The van der Waals surface area contributed by atoms with E-state index in [1.165, 1.54) is 10.5 Å². The van der Waals surface area contributed by atoms with E-state index >= 15 is 0 Å². The number of likely N-dealkylation sites (tertiary alicyclic amines) is 1. The molecule has 1 atom stereocenters. The number of aromatic nitrogens is 1. The standard InChI is InChI=1S/C14H19N3O3.C7H8/c1-16(9-14(20)17-7-5-12(17)10-18)13(19)8-11-4-2-3-6-15-11;1-7-5-3-2-4-6-7/h2-4,6,12,18H,5,7-10H2,1H3;2-6H,1H3. The monoisotopic (exact) mass is 369 g/mol. The van der Waals surface area contributed by atoms with E-state index in [1.807, 2.05) is 24.3 Å². The van der Waals surface area contributed by atoms with Crippen LogP contribution < -0.4 is 0 Å². The van der Waals surface area contributed by atoms with Crippen LogP contribution in [-0.4, -0.2) is 64.5 Å². The highest BCUT2D eigenvalue weighted by Gasteiger charge is 2.32. The lowest BCUT2D eigenvalue weighted by molar-refractivity contribution is -0.145. The topological polar surface area (TPSA) is 73.7 Å². The van der Waals surface area contributed by atoms with E-state index in [-0.39, 0.29) is 37.4 Å². The molecule has 1 aliphatic heterocycles. The average molecular weight is 369 g/mol. The zero-order chi connectivity index (χ0) is 19.6. The fourth-order valence-electron chi connectivity index (χ4n) is 2.67. The van der Waals surface area contributed by atoms with Gasteiger partial charge in [0.25, 0.3) is 0 Å².